The molecule has 0 aliphatic carbocycles. The Bertz CT molecular complexity index is 379. The largest absolute Gasteiger partial charge is 0.496 e. The van der Waals surface area contributed by atoms with Crippen molar-refractivity contribution in [2.24, 2.45) is 11.8 Å². The Hall–Kier alpha value is -0.540. The quantitative estimate of drug-likeness (QED) is 0.720. The number of halogens is 1. The summed E-state index contributed by atoms with van der Waals surface area (Å²) in [6.07, 6.45) is 2.34. The molecular formula is C16H26BrNO. The monoisotopic (exact) mass is 327 g/mol. The van der Waals surface area contributed by atoms with Crippen LogP contribution in [0.25, 0.3) is 0 Å². The summed E-state index contributed by atoms with van der Waals surface area (Å²) in [6, 6.07) is 6.35. The maximum absolute atomic E-state index is 5.25. The maximum Gasteiger partial charge on any atom is 0.133 e. The van der Waals surface area contributed by atoms with Crippen LogP contribution < -0.4 is 10.1 Å². The van der Waals surface area contributed by atoms with Crippen LogP contribution in [-0.4, -0.2) is 20.2 Å². The fourth-order valence-electron chi connectivity index (χ4n) is 2.08. The zero-order valence-electron chi connectivity index (χ0n) is 12.5. The van der Waals surface area contributed by atoms with Crippen LogP contribution in [0.3, 0.4) is 0 Å². The molecule has 2 nitrogen and oxygen atoms in total. The van der Waals surface area contributed by atoms with Crippen molar-refractivity contribution in [1.82, 2.24) is 5.32 Å². The first-order valence-electron chi connectivity index (χ1n) is 7.06. The molecule has 0 radical (unpaired) electrons. The van der Waals surface area contributed by atoms with Gasteiger partial charge in [-0.15, -0.1) is 0 Å². The van der Waals surface area contributed by atoms with E-state index < -0.39 is 0 Å². The first-order valence-corrected chi connectivity index (χ1v) is 7.85. The molecule has 0 aliphatic rings. The number of benzene rings is 1. The highest BCUT2D eigenvalue weighted by atomic mass is 79.9. The summed E-state index contributed by atoms with van der Waals surface area (Å²) in [4.78, 5) is 0. The van der Waals surface area contributed by atoms with Crippen molar-refractivity contribution in [3.63, 3.8) is 0 Å². The minimum atomic E-state index is 0.694. The van der Waals surface area contributed by atoms with Crippen LogP contribution in [0, 0.1) is 11.8 Å². The Balaban J connectivity index is 2.35. The fourth-order valence-corrected chi connectivity index (χ4v) is 2.67. The number of methoxy groups -OCH3 is 1. The SMILES string of the molecule is COc1ccc(CC(C)CCNCC(C)C)cc1Br. The molecular weight excluding hydrogens is 302 g/mol. The van der Waals surface area contributed by atoms with Crippen LogP contribution in [0.1, 0.15) is 32.8 Å². The lowest BCUT2D eigenvalue weighted by Crippen LogP contribution is -2.22. The molecule has 0 aromatic heterocycles. The molecule has 108 valence electrons. The second-order valence-electron chi connectivity index (χ2n) is 5.66. The summed E-state index contributed by atoms with van der Waals surface area (Å²) in [6.45, 7) is 9.02. The molecule has 3 heteroatoms. The van der Waals surface area contributed by atoms with Crippen LogP contribution in [0.15, 0.2) is 22.7 Å². The Kier molecular flexibility index (Phi) is 7.47. The third-order valence-electron chi connectivity index (χ3n) is 3.17. The van der Waals surface area contributed by atoms with E-state index in [0.717, 1.165) is 35.7 Å². The first-order chi connectivity index (χ1) is 9.02. The number of nitrogens with one attached hydrogen (secondary N) is 1. The van der Waals surface area contributed by atoms with E-state index >= 15 is 0 Å². The molecule has 1 unspecified atom stereocenters. The molecule has 1 atom stereocenters. The third kappa shape index (κ3) is 6.44. The normalized spacial score (nSPS) is 12.7. The highest BCUT2D eigenvalue weighted by Crippen LogP contribution is 2.26. The van der Waals surface area contributed by atoms with Gasteiger partial charge in [-0.3, -0.25) is 0 Å². The van der Waals surface area contributed by atoms with Crippen LogP contribution in [0.5, 0.6) is 5.75 Å². The Morgan fingerprint density at radius 3 is 2.58 bits per heavy atom. The molecule has 0 bridgehead atoms. The van der Waals surface area contributed by atoms with E-state index in [1.165, 1.54) is 12.0 Å². The van der Waals surface area contributed by atoms with Gasteiger partial charge in [0.05, 0.1) is 11.6 Å². The minimum Gasteiger partial charge on any atom is -0.496 e. The summed E-state index contributed by atoms with van der Waals surface area (Å²) in [5.41, 5.74) is 1.36. The Morgan fingerprint density at radius 2 is 2.00 bits per heavy atom. The molecule has 1 aromatic rings. The first kappa shape index (κ1) is 16.5. The summed E-state index contributed by atoms with van der Waals surface area (Å²) in [5, 5.41) is 3.50. The Morgan fingerprint density at radius 1 is 1.26 bits per heavy atom. The van der Waals surface area contributed by atoms with Gasteiger partial charge in [0.25, 0.3) is 0 Å². The van der Waals surface area contributed by atoms with E-state index in [-0.39, 0.29) is 0 Å². The molecule has 0 spiro atoms. The van der Waals surface area contributed by atoms with Crippen molar-refractivity contribution in [2.75, 3.05) is 20.2 Å². The lowest BCUT2D eigenvalue weighted by atomic mass is 9.98. The van der Waals surface area contributed by atoms with E-state index in [0.29, 0.717) is 5.92 Å². The van der Waals surface area contributed by atoms with E-state index in [9.17, 15) is 0 Å². The van der Waals surface area contributed by atoms with Crippen molar-refractivity contribution < 1.29 is 4.74 Å². The van der Waals surface area contributed by atoms with Crippen molar-refractivity contribution in [1.29, 1.82) is 0 Å². The fraction of sp³-hybridized carbons (Fsp3) is 0.625. The molecule has 0 saturated heterocycles. The number of rotatable bonds is 8. The molecule has 0 saturated carbocycles. The molecule has 1 aromatic carbocycles. The van der Waals surface area contributed by atoms with Gasteiger partial charge in [0.1, 0.15) is 5.75 Å². The van der Waals surface area contributed by atoms with Gasteiger partial charge in [-0.2, -0.15) is 0 Å². The van der Waals surface area contributed by atoms with Gasteiger partial charge in [-0.1, -0.05) is 26.8 Å². The van der Waals surface area contributed by atoms with Crippen LogP contribution in [0.2, 0.25) is 0 Å². The van der Waals surface area contributed by atoms with Gasteiger partial charge < -0.3 is 10.1 Å². The molecule has 1 rings (SSSR count). The van der Waals surface area contributed by atoms with Crippen molar-refractivity contribution in [2.45, 2.75) is 33.6 Å². The highest BCUT2D eigenvalue weighted by Gasteiger charge is 2.06. The predicted molar refractivity (Wildman–Crippen MR) is 85.9 cm³/mol. The van der Waals surface area contributed by atoms with Gasteiger partial charge in [-0.05, 0) is 71.4 Å². The van der Waals surface area contributed by atoms with E-state index in [4.69, 9.17) is 4.74 Å². The summed E-state index contributed by atoms with van der Waals surface area (Å²) >= 11 is 3.54. The van der Waals surface area contributed by atoms with Crippen LogP contribution >= 0.6 is 15.9 Å². The van der Waals surface area contributed by atoms with Crippen molar-refractivity contribution in [3.05, 3.63) is 28.2 Å². The van der Waals surface area contributed by atoms with Crippen LogP contribution in [-0.2, 0) is 6.42 Å². The molecule has 0 aliphatic heterocycles. The number of hydrogen-bond donors (Lipinski definition) is 1. The smallest absolute Gasteiger partial charge is 0.133 e. The zero-order chi connectivity index (χ0) is 14.3. The molecule has 0 fully saturated rings. The van der Waals surface area contributed by atoms with Gasteiger partial charge >= 0.3 is 0 Å². The second kappa shape index (κ2) is 8.60. The van der Waals surface area contributed by atoms with E-state index in [2.05, 4.69) is 54.2 Å². The van der Waals surface area contributed by atoms with Gasteiger partial charge in [0.15, 0.2) is 0 Å². The molecule has 1 N–H and O–H groups in total. The Labute approximate surface area is 126 Å². The zero-order valence-corrected chi connectivity index (χ0v) is 14.1. The third-order valence-corrected chi connectivity index (χ3v) is 3.79. The van der Waals surface area contributed by atoms with Gasteiger partial charge in [0.2, 0.25) is 0 Å². The molecule has 0 heterocycles. The summed E-state index contributed by atoms with van der Waals surface area (Å²) in [7, 11) is 1.70. The molecule has 0 amide bonds. The summed E-state index contributed by atoms with van der Waals surface area (Å²) < 4.78 is 6.29. The topological polar surface area (TPSA) is 21.3 Å². The van der Waals surface area contributed by atoms with E-state index in [1.807, 2.05) is 6.07 Å². The van der Waals surface area contributed by atoms with Crippen molar-refractivity contribution >= 4 is 15.9 Å². The minimum absolute atomic E-state index is 0.694. The summed E-state index contributed by atoms with van der Waals surface area (Å²) in [5.74, 6) is 2.32. The predicted octanol–water partition coefficient (Wildman–Crippen LogP) is 4.27. The molecule has 19 heavy (non-hydrogen) atoms. The highest BCUT2D eigenvalue weighted by molar-refractivity contribution is 9.10. The standard InChI is InChI=1S/C16H26BrNO/c1-12(2)11-18-8-7-13(3)9-14-5-6-16(19-4)15(17)10-14/h5-6,10,12-13,18H,7-9,11H2,1-4H3. The lowest BCUT2D eigenvalue weighted by molar-refractivity contribution is 0.411. The van der Waals surface area contributed by atoms with Crippen molar-refractivity contribution in [3.8, 4) is 5.75 Å². The number of hydrogen-bond acceptors (Lipinski definition) is 2. The average Bonchev–Trinajstić information content (AvgIpc) is 2.35. The lowest BCUT2D eigenvalue weighted by Gasteiger charge is -2.14. The van der Waals surface area contributed by atoms with Crippen LogP contribution in [0.4, 0.5) is 0 Å². The maximum atomic E-state index is 5.25. The van der Waals surface area contributed by atoms with Gasteiger partial charge in [0, 0.05) is 0 Å². The second-order valence-corrected chi connectivity index (χ2v) is 6.52. The van der Waals surface area contributed by atoms with E-state index in [1.54, 1.807) is 7.11 Å². The van der Waals surface area contributed by atoms with Gasteiger partial charge in [-0.25, -0.2) is 0 Å². The average molecular weight is 328 g/mol. The number of ether oxygens (including phenoxy) is 1.